The topological polar surface area (TPSA) is 20.7 Å². The maximum atomic E-state index is 5.33. The van der Waals surface area contributed by atoms with E-state index in [0.29, 0.717) is 0 Å². The van der Waals surface area contributed by atoms with E-state index in [1.165, 1.54) is 11.1 Å². The van der Waals surface area contributed by atoms with Gasteiger partial charge >= 0.3 is 0 Å². The molecule has 84 valence electrons. The van der Waals surface area contributed by atoms with Gasteiger partial charge in [-0.3, -0.25) is 0 Å². The van der Waals surface area contributed by atoms with E-state index in [2.05, 4.69) is 46.8 Å². The summed E-state index contributed by atoms with van der Waals surface area (Å²) in [7, 11) is 0. The van der Waals surface area contributed by atoms with Crippen LogP contribution >= 0.6 is 12.2 Å². The lowest BCUT2D eigenvalue weighted by molar-refractivity contribution is 0.720. The fraction of sp³-hybridized carbons (Fsp3) is 0.308. The van der Waals surface area contributed by atoms with Crippen molar-refractivity contribution in [2.24, 2.45) is 0 Å². The predicted octanol–water partition coefficient (Wildman–Crippen LogP) is 3.97. The molecule has 0 bridgehead atoms. The van der Waals surface area contributed by atoms with Crippen molar-refractivity contribution < 1.29 is 0 Å². The van der Waals surface area contributed by atoms with Gasteiger partial charge in [0.15, 0.2) is 4.77 Å². The number of aromatic amines is 1. The van der Waals surface area contributed by atoms with Gasteiger partial charge in [-0.1, -0.05) is 18.2 Å². The molecule has 1 aromatic heterocycles. The number of aryl methyl sites for hydroxylation is 2. The minimum atomic E-state index is 0.810. The van der Waals surface area contributed by atoms with E-state index < -0.39 is 0 Å². The average Bonchev–Trinajstić information content (AvgIpc) is 2.55. The molecule has 1 N–H and O–H groups in total. The van der Waals surface area contributed by atoms with Gasteiger partial charge in [-0.2, -0.15) is 0 Å². The van der Waals surface area contributed by atoms with E-state index in [1.807, 2.05) is 6.92 Å². The number of H-pyrrole nitrogens is 1. The molecular weight excluding hydrogens is 216 g/mol. The fourth-order valence-electron chi connectivity index (χ4n) is 1.87. The number of benzene rings is 1. The molecule has 0 aliphatic carbocycles. The van der Waals surface area contributed by atoms with Crippen LogP contribution in [0.3, 0.4) is 0 Å². The second-order valence-electron chi connectivity index (χ2n) is 3.96. The number of allylic oxidation sites excluding steroid dienone is 2. The van der Waals surface area contributed by atoms with Gasteiger partial charge in [0.25, 0.3) is 0 Å². The minimum absolute atomic E-state index is 0.810. The zero-order valence-corrected chi connectivity index (χ0v) is 10.5. The smallest absolute Gasteiger partial charge is 0.178 e. The predicted molar refractivity (Wildman–Crippen MR) is 71.3 cm³/mol. The lowest BCUT2D eigenvalue weighted by atomic mass is 10.2. The first-order valence-corrected chi connectivity index (χ1v) is 5.93. The summed E-state index contributed by atoms with van der Waals surface area (Å²) in [5, 5.41) is 0. The summed E-state index contributed by atoms with van der Waals surface area (Å²) < 4.78 is 2.97. The van der Waals surface area contributed by atoms with E-state index in [9.17, 15) is 0 Å². The Balaban J connectivity index is 2.44. The van der Waals surface area contributed by atoms with Crippen molar-refractivity contribution >= 4 is 23.3 Å². The van der Waals surface area contributed by atoms with Gasteiger partial charge in [-0.25, -0.2) is 0 Å². The highest BCUT2D eigenvalue weighted by atomic mass is 32.1. The van der Waals surface area contributed by atoms with E-state index in [0.717, 1.165) is 23.3 Å². The number of nitrogens with zero attached hydrogens (tertiary/aromatic N) is 1. The molecule has 2 rings (SSSR count). The van der Waals surface area contributed by atoms with Crippen molar-refractivity contribution in [1.29, 1.82) is 0 Å². The highest BCUT2D eigenvalue weighted by molar-refractivity contribution is 7.71. The Bertz CT molecular complexity index is 575. The number of hydrogen-bond acceptors (Lipinski definition) is 1. The van der Waals surface area contributed by atoms with Crippen molar-refractivity contribution in [1.82, 2.24) is 9.55 Å². The molecule has 0 saturated heterocycles. The van der Waals surface area contributed by atoms with Crippen LogP contribution in [0.1, 0.15) is 18.9 Å². The number of hydrogen-bond donors (Lipinski definition) is 1. The quantitative estimate of drug-likeness (QED) is 0.627. The van der Waals surface area contributed by atoms with Gasteiger partial charge in [0.05, 0.1) is 11.0 Å². The van der Waals surface area contributed by atoms with Crippen LogP contribution in [0.2, 0.25) is 0 Å². The van der Waals surface area contributed by atoms with Crippen LogP contribution in [-0.2, 0) is 6.54 Å². The molecule has 0 unspecified atom stereocenters. The lowest BCUT2D eigenvalue weighted by Crippen LogP contribution is -1.96. The van der Waals surface area contributed by atoms with E-state index in [4.69, 9.17) is 12.2 Å². The molecule has 0 saturated carbocycles. The first-order valence-electron chi connectivity index (χ1n) is 5.52. The maximum Gasteiger partial charge on any atom is 0.178 e. The van der Waals surface area contributed by atoms with Gasteiger partial charge in [0, 0.05) is 6.54 Å². The Morgan fingerprint density at radius 1 is 1.44 bits per heavy atom. The van der Waals surface area contributed by atoms with Crippen LogP contribution in [0, 0.1) is 11.7 Å². The highest BCUT2D eigenvalue weighted by Gasteiger charge is 2.02. The monoisotopic (exact) mass is 232 g/mol. The Morgan fingerprint density at radius 2 is 2.25 bits per heavy atom. The number of aromatic nitrogens is 2. The lowest BCUT2D eigenvalue weighted by Gasteiger charge is -2.01. The third-order valence-electron chi connectivity index (χ3n) is 2.68. The molecule has 3 heteroatoms. The molecular formula is C13H16N2S. The van der Waals surface area contributed by atoms with Crippen LogP contribution in [0.25, 0.3) is 11.0 Å². The fourth-order valence-corrected chi connectivity index (χ4v) is 2.17. The Kier molecular flexibility index (Phi) is 3.25. The summed E-state index contributed by atoms with van der Waals surface area (Å²) >= 11 is 5.33. The molecule has 0 amide bonds. The largest absolute Gasteiger partial charge is 0.331 e. The van der Waals surface area contributed by atoms with Gasteiger partial charge < -0.3 is 9.55 Å². The average molecular weight is 232 g/mol. The third-order valence-corrected chi connectivity index (χ3v) is 3.01. The van der Waals surface area contributed by atoms with Crippen molar-refractivity contribution in [2.45, 2.75) is 26.8 Å². The van der Waals surface area contributed by atoms with Crippen molar-refractivity contribution in [2.75, 3.05) is 0 Å². The van der Waals surface area contributed by atoms with Crippen molar-refractivity contribution in [3.05, 3.63) is 40.7 Å². The number of nitrogens with one attached hydrogen (secondary N) is 1. The van der Waals surface area contributed by atoms with Gasteiger partial charge in [0.1, 0.15) is 0 Å². The Hall–Kier alpha value is -1.35. The first kappa shape index (κ1) is 11.1. The molecule has 2 aromatic rings. The Morgan fingerprint density at radius 3 is 3.00 bits per heavy atom. The second kappa shape index (κ2) is 4.66. The van der Waals surface area contributed by atoms with Crippen LogP contribution in [0.5, 0.6) is 0 Å². The minimum Gasteiger partial charge on any atom is -0.331 e. The van der Waals surface area contributed by atoms with Gasteiger partial charge in [-0.05, 0) is 50.2 Å². The summed E-state index contributed by atoms with van der Waals surface area (Å²) in [6.07, 6.45) is 5.25. The van der Waals surface area contributed by atoms with E-state index in [-0.39, 0.29) is 0 Å². The third kappa shape index (κ3) is 2.09. The van der Waals surface area contributed by atoms with Gasteiger partial charge in [0.2, 0.25) is 0 Å². The van der Waals surface area contributed by atoms with Crippen LogP contribution in [-0.4, -0.2) is 9.55 Å². The summed E-state index contributed by atoms with van der Waals surface area (Å²) in [4.78, 5) is 3.25. The van der Waals surface area contributed by atoms with Crippen molar-refractivity contribution in [3.8, 4) is 0 Å². The van der Waals surface area contributed by atoms with Crippen LogP contribution in [0.4, 0.5) is 0 Å². The highest BCUT2D eigenvalue weighted by Crippen LogP contribution is 2.16. The maximum absolute atomic E-state index is 5.33. The second-order valence-corrected chi connectivity index (χ2v) is 4.35. The first-order chi connectivity index (χ1) is 7.72. The molecule has 1 aromatic carbocycles. The number of imidazole rings is 1. The molecule has 0 atom stereocenters. The molecule has 16 heavy (non-hydrogen) atoms. The zero-order chi connectivity index (χ0) is 11.5. The van der Waals surface area contributed by atoms with Crippen LogP contribution in [0.15, 0.2) is 30.4 Å². The molecule has 0 aliphatic heterocycles. The summed E-state index contributed by atoms with van der Waals surface area (Å²) in [6.45, 7) is 5.07. The summed E-state index contributed by atoms with van der Waals surface area (Å²) in [6, 6.07) is 6.39. The summed E-state index contributed by atoms with van der Waals surface area (Å²) in [5.41, 5.74) is 3.58. The molecule has 0 radical (unpaired) electrons. The number of fused-ring (bicyclic) bond motifs is 1. The number of rotatable bonds is 3. The molecule has 0 aliphatic rings. The molecule has 0 fully saturated rings. The van der Waals surface area contributed by atoms with Gasteiger partial charge in [-0.15, -0.1) is 0 Å². The summed E-state index contributed by atoms with van der Waals surface area (Å²) in [5.74, 6) is 0. The molecule has 2 nitrogen and oxygen atoms in total. The normalized spacial score (nSPS) is 11.6. The van der Waals surface area contributed by atoms with E-state index >= 15 is 0 Å². The standard InChI is InChI=1S/C13H16N2S/c1-3-4-5-8-15-12-7-6-10(2)9-11(12)14-13(15)16/h3-4,6-7,9H,5,8H2,1-2H3,(H,14,16)/b4-3+. The Labute approximate surface area is 101 Å². The zero-order valence-electron chi connectivity index (χ0n) is 9.66. The molecule has 0 spiro atoms. The molecule has 1 heterocycles. The van der Waals surface area contributed by atoms with E-state index in [1.54, 1.807) is 0 Å². The van der Waals surface area contributed by atoms with Crippen LogP contribution < -0.4 is 0 Å². The van der Waals surface area contributed by atoms with Crippen molar-refractivity contribution in [3.63, 3.8) is 0 Å². The SMILES string of the molecule is C/C=C/CCn1c(=S)[nH]c2cc(C)ccc21.